The zero-order valence-corrected chi connectivity index (χ0v) is 7.24. The van der Waals surface area contributed by atoms with Crippen molar-refractivity contribution >= 4 is 11.0 Å². The van der Waals surface area contributed by atoms with Crippen molar-refractivity contribution in [2.24, 2.45) is 0 Å². The summed E-state index contributed by atoms with van der Waals surface area (Å²) in [6.07, 6.45) is 0. The molecule has 0 bridgehead atoms. The molecule has 0 saturated carbocycles. The predicted molar refractivity (Wildman–Crippen MR) is 48.9 cm³/mol. The number of ether oxygens (including phenoxy) is 1. The first-order valence-electron chi connectivity index (χ1n) is 4.11. The number of aromatic amines is 1. The molecule has 4 heteroatoms. The van der Waals surface area contributed by atoms with Gasteiger partial charge in [0.15, 0.2) is 0 Å². The van der Waals surface area contributed by atoms with E-state index in [9.17, 15) is 5.11 Å². The van der Waals surface area contributed by atoms with Gasteiger partial charge in [-0.15, -0.1) is 0 Å². The fourth-order valence-corrected chi connectivity index (χ4v) is 1.18. The Bertz CT molecular complexity index is 422. The first-order chi connectivity index (χ1) is 6.29. The summed E-state index contributed by atoms with van der Waals surface area (Å²) in [5.74, 6) is 0.221. The lowest BCUT2D eigenvalue weighted by molar-refractivity contribution is 0.317. The van der Waals surface area contributed by atoms with Crippen molar-refractivity contribution in [2.75, 3.05) is 6.61 Å². The van der Waals surface area contributed by atoms with Gasteiger partial charge in [0, 0.05) is 6.07 Å². The van der Waals surface area contributed by atoms with Crippen molar-refractivity contribution in [3.63, 3.8) is 0 Å². The molecule has 2 rings (SSSR count). The fourth-order valence-electron chi connectivity index (χ4n) is 1.18. The van der Waals surface area contributed by atoms with Crippen molar-refractivity contribution in [2.45, 2.75) is 6.92 Å². The van der Waals surface area contributed by atoms with Gasteiger partial charge >= 0.3 is 0 Å². The van der Waals surface area contributed by atoms with Gasteiger partial charge in [0.1, 0.15) is 5.75 Å². The van der Waals surface area contributed by atoms with E-state index in [0.29, 0.717) is 12.6 Å². The lowest BCUT2D eigenvalue weighted by Crippen LogP contribution is -1.92. The van der Waals surface area contributed by atoms with Crippen LogP contribution in [0.5, 0.6) is 11.8 Å². The first kappa shape index (κ1) is 7.91. The minimum absolute atomic E-state index is 0.221. The topological polar surface area (TPSA) is 58.1 Å². The standard InChI is InChI=1S/C9H10N2O2/c1-2-13-9-10-7-4-3-6(12)5-8(7)11-9/h3-5,12H,2H2,1H3,(H,10,11). The molecule has 2 aromatic rings. The molecule has 13 heavy (non-hydrogen) atoms. The highest BCUT2D eigenvalue weighted by molar-refractivity contribution is 5.77. The van der Waals surface area contributed by atoms with E-state index in [2.05, 4.69) is 9.97 Å². The van der Waals surface area contributed by atoms with Gasteiger partial charge in [0.05, 0.1) is 17.6 Å². The Morgan fingerprint density at radius 1 is 1.54 bits per heavy atom. The van der Waals surface area contributed by atoms with Crippen molar-refractivity contribution < 1.29 is 9.84 Å². The molecule has 0 aliphatic carbocycles. The van der Waals surface area contributed by atoms with Crippen LogP contribution >= 0.6 is 0 Å². The molecule has 1 aromatic carbocycles. The first-order valence-corrected chi connectivity index (χ1v) is 4.11. The van der Waals surface area contributed by atoms with E-state index < -0.39 is 0 Å². The largest absolute Gasteiger partial charge is 0.508 e. The van der Waals surface area contributed by atoms with E-state index in [1.54, 1.807) is 18.2 Å². The SMILES string of the molecule is CCOc1nc2ccc(O)cc2[nH]1. The number of nitrogens with one attached hydrogen (secondary N) is 1. The van der Waals surface area contributed by atoms with Crippen LogP contribution in [0.3, 0.4) is 0 Å². The van der Waals surface area contributed by atoms with E-state index in [4.69, 9.17) is 4.74 Å². The van der Waals surface area contributed by atoms with Gasteiger partial charge in [-0.2, -0.15) is 4.98 Å². The number of fused-ring (bicyclic) bond motifs is 1. The number of hydrogen-bond donors (Lipinski definition) is 2. The quantitative estimate of drug-likeness (QED) is 0.735. The van der Waals surface area contributed by atoms with Crippen LogP contribution in [-0.2, 0) is 0 Å². The summed E-state index contributed by atoms with van der Waals surface area (Å²) in [5, 5.41) is 9.18. The summed E-state index contributed by atoms with van der Waals surface area (Å²) < 4.78 is 5.18. The lowest BCUT2D eigenvalue weighted by Gasteiger charge is -1.93. The van der Waals surface area contributed by atoms with Crippen molar-refractivity contribution in [1.29, 1.82) is 0 Å². The van der Waals surface area contributed by atoms with Crippen LogP contribution in [0.25, 0.3) is 11.0 Å². The van der Waals surface area contributed by atoms with E-state index in [1.165, 1.54) is 0 Å². The van der Waals surface area contributed by atoms with Crippen LogP contribution in [0.1, 0.15) is 6.92 Å². The highest BCUT2D eigenvalue weighted by Crippen LogP contribution is 2.20. The maximum absolute atomic E-state index is 9.18. The summed E-state index contributed by atoms with van der Waals surface area (Å²) in [6, 6.07) is 5.44. The normalized spacial score (nSPS) is 10.5. The molecule has 0 spiro atoms. The number of imidazole rings is 1. The van der Waals surface area contributed by atoms with Crippen molar-refractivity contribution in [1.82, 2.24) is 9.97 Å². The third-order valence-electron chi connectivity index (χ3n) is 1.72. The number of benzene rings is 1. The van der Waals surface area contributed by atoms with Gasteiger partial charge in [-0.05, 0) is 19.1 Å². The number of nitrogens with zero attached hydrogens (tertiary/aromatic N) is 1. The van der Waals surface area contributed by atoms with Gasteiger partial charge in [-0.1, -0.05) is 0 Å². The van der Waals surface area contributed by atoms with Crippen LogP contribution in [0.4, 0.5) is 0 Å². The van der Waals surface area contributed by atoms with Gasteiger partial charge in [-0.25, -0.2) is 0 Å². The zero-order valence-electron chi connectivity index (χ0n) is 7.24. The molecular formula is C9H10N2O2. The molecule has 0 fully saturated rings. The number of rotatable bonds is 2. The van der Waals surface area contributed by atoms with Crippen LogP contribution in [0, 0.1) is 0 Å². The molecule has 1 heterocycles. The van der Waals surface area contributed by atoms with Crippen molar-refractivity contribution in [3.8, 4) is 11.8 Å². The van der Waals surface area contributed by atoms with Gasteiger partial charge in [-0.3, -0.25) is 0 Å². The fraction of sp³-hybridized carbons (Fsp3) is 0.222. The Kier molecular flexibility index (Phi) is 1.81. The Balaban J connectivity index is 2.49. The second-order valence-electron chi connectivity index (χ2n) is 2.68. The average Bonchev–Trinajstić information content (AvgIpc) is 2.46. The molecule has 68 valence electrons. The van der Waals surface area contributed by atoms with Gasteiger partial charge < -0.3 is 14.8 Å². The number of aromatic nitrogens is 2. The van der Waals surface area contributed by atoms with Gasteiger partial charge in [0.2, 0.25) is 0 Å². The number of aromatic hydroxyl groups is 1. The molecule has 0 aliphatic rings. The maximum Gasteiger partial charge on any atom is 0.294 e. The molecule has 4 nitrogen and oxygen atoms in total. The molecule has 0 radical (unpaired) electrons. The Morgan fingerprint density at radius 3 is 3.15 bits per heavy atom. The van der Waals surface area contributed by atoms with E-state index in [-0.39, 0.29) is 5.75 Å². The highest BCUT2D eigenvalue weighted by Gasteiger charge is 2.02. The monoisotopic (exact) mass is 178 g/mol. The molecule has 0 atom stereocenters. The van der Waals surface area contributed by atoms with Gasteiger partial charge in [0.25, 0.3) is 6.01 Å². The highest BCUT2D eigenvalue weighted by atomic mass is 16.5. The summed E-state index contributed by atoms with van der Waals surface area (Å²) in [4.78, 5) is 7.10. The molecule has 0 saturated heterocycles. The minimum atomic E-state index is 0.221. The van der Waals surface area contributed by atoms with Crippen LogP contribution < -0.4 is 4.74 Å². The summed E-state index contributed by atoms with van der Waals surface area (Å²) >= 11 is 0. The maximum atomic E-state index is 9.18. The second-order valence-corrected chi connectivity index (χ2v) is 2.68. The molecule has 0 aliphatic heterocycles. The summed E-state index contributed by atoms with van der Waals surface area (Å²) in [5.41, 5.74) is 1.57. The van der Waals surface area contributed by atoms with E-state index >= 15 is 0 Å². The summed E-state index contributed by atoms with van der Waals surface area (Å²) in [6.45, 7) is 2.47. The molecule has 2 N–H and O–H groups in total. The predicted octanol–water partition coefficient (Wildman–Crippen LogP) is 1.67. The average molecular weight is 178 g/mol. The van der Waals surface area contributed by atoms with E-state index in [1.807, 2.05) is 6.92 Å². The third-order valence-corrected chi connectivity index (χ3v) is 1.72. The molecule has 1 aromatic heterocycles. The lowest BCUT2D eigenvalue weighted by atomic mass is 10.3. The Labute approximate surface area is 75.2 Å². The molecule has 0 amide bonds. The number of H-pyrrole nitrogens is 1. The summed E-state index contributed by atoms with van der Waals surface area (Å²) in [7, 11) is 0. The number of hydrogen-bond acceptors (Lipinski definition) is 3. The minimum Gasteiger partial charge on any atom is -0.508 e. The van der Waals surface area contributed by atoms with Crippen molar-refractivity contribution in [3.05, 3.63) is 18.2 Å². The van der Waals surface area contributed by atoms with E-state index in [0.717, 1.165) is 11.0 Å². The Morgan fingerprint density at radius 2 is 2.38 bits per heavy atom. The second kappa shape index (κ2) is 2.97. The van der Waals surface area contributed by atoms with Crippen LogP contribution in [-0.4, -0.2) is 21.7 Å². The molecular weight excluding hydrogens is 168 g/mol. The zero-order chi connectivity index (χ0) is 9.26. The third kappa shape index (κ3) is 1.42. The number of phenolic OH excluding ortho intramolecular Hbond substituents is 1. The number of phenols is 1. The molecule has 0 unspecified atom stereocenters. The van der Waals surface area contributed by atoms with Crippen LogP contribution in [0.15, 0.2) is 18.2 Å². The smallest absolute Gasteiger partial charge is 0.294 e. The Hall–Kier alpha value is -1.71. The van der Waals surface area contributed by atoms with Crippen LogP contribution in [0.2, 0.25) is 0 Å².